The summed E-state index contributed by atoms with van der Waals surface area (Å²) in [4.78, 5) is 14.8. The zero-order valence-electron chi connectivity index (χ0n) is 15.7. The van der Waals surface area contributed by atoms with Gasteiger partial charge in [-0.25, -0.2) is 8.42 Å². The van der Waals surface area contributed by atoms with Crippen molar-refractivity contribution in [1.29, 1.82) is 0 Å². The molecule has 2 aromatic rings. The molecule has 2 aliphatic rings. The van der Waals surface area contributed by atoms with Gasteiger partial charge in [0.25, 0.3) is 0 Å². The predicted octanol–water partition coefficient (Wildman–Crippen LogP) is 3.35. The van der Waals surface area contributed by atoms with Crippen LogP contribution in [-0.2, 0) is 14.6 Å². The van der Waals surface area contributed by atoms with Crippen molar-refractivity contribution in [3.8, 4) is 11.5 Å². The van der Waals surface area contributed by atoms with Gasteiger partial charge < -0.3 is 14.4 Å². The van der Waals surface area contributed by atoms with Crippen molar-refractivity contribution in [1.82, 2.24) is 4.90 Å². The smallest absolute Gasteiger partial charge is 0.244 e. The number of benzene rings is 2. The molecule has 28 heavy (non-hydrogen) atoms. The maximum absolute atomic E-state index is 13.5. The fourth-order valence-corrected chi connectivity index (χ4v) is 6.20. The Morgan fingerprint density at radius 3 is 2.54 bits per heavy atom. The van der Waals surface area contributed by atoms with Crippen molar-refractivity contribution in [2.75, 3.05) is 14.2 Å². The van der Waals surface area contributed by atoms with Crippen LogP contribution >= 0.6 is 15.9 Å². The van der Waals surface area contributed by atoms with E-state index in [2.05, 4.69) is 15.9 Å². The van der Waals surface area contributed by atoms with Crippen LogP contribution in [0, 0.1) is 0 Å². The Morgan fingerprint density at radius 1 is 1.21 bits per heavy atom. The van der Waals surface area contributed by atoms with Gasteiger partial charge in [-0.05, 0) is 49.4 Å². The number of hydrogen-bond acceptors (Lipinski definition) is 5. The van der Waals surface area contributed by atoms with Crippen LogP contribution < -0.4 is 9.47 Å². The third kappa shape index (κ3) is 2.81. The molecule has 0 N–H and O–H groups in total. The lowest BCUT2D eigenvalue weighted by molar-refractivity contribution is -0.159. The summed E-state index contributed by atoms with van der Waals surface area (Å²) in [5.41, 5.74) is -0.210. The summed E-state index contributed by atoms with van der Waals surface area (Å²) >= 11 is 3.32. The highest BCUT2D eigenvalue weighted by Crippen LogP contribution is 2.50. The first-order valence-electron chi connectivity index (χ1n) is 8.81. The minimum absolute atomic E-state index is 0.127. The number of hydrogen-bond donors (Lipinski definition) is 0. The van der Waals surface area contributed by atoms with Gasteiger partial charge in [0.1, 0.15) is 11.5 Å². The first-order chi connectivity index (χ1) is 13.2. The van der Waals surface area contributed by atoms with Crippen molar-refractivity contribution < 1.29 is 22.7 Å². The van der Waals surface area contributed by atoms with Gasteiger partial charge in [0.2, 0.25) is 5.91 Å². The second-order valence-corrected chi connectivity index (χ2v) is 10.3. The molecule has 1 saturated heterocycles. The molecule has 4 rings (SSSR count). The molecular weight excluding hydrogens is 446 g/mol. The molecular formula is C20H20BrNO5S. The Bertz CT molecular complexity index is 1050. The van der Waals surface area contributed by atoms with E-state index in [0.717, 1.165) is 4.47 Å². The summed E-state index contributed by atoms with van der Waals surface area (Å²) in [6.45, 7) is 1.81. The molecule has 0 aliphatic carbocycles. The van der Waals surface area contributed by atoms with Gasteiger partial charge in [-0.2, -0.15) is 0 Å². The van der Waals surface area contributed by atoms with E-state index >= 15 is 0 Å². The number of ether oxygens (including phenoxy) is 2. The van der Waals surface area contributed by atoms with E-state index in [1.54, 1.807) is 44.5 Å². The number of rotatable bonds is 3. The number of halogens is 1. The van der Waals surface area contributed by atoms with Crippen molar-refractivity contribution in [2.45, 2.75) is 35.1 Å². The Morgan fingerprint density at radius 2 is 1.89 bits per heavy atom. The van der Waals surface area contributed by atoms with Crippen LogP contribution in [0.4, 0.5) is 0 Å². The predicted molar refractivity (Wildman–Crippen MR) is 107 cm³/mol. The average molecular weight is 466 g/mol. The fourth-order valence-electron chi connectivity index (χ4n) is 4.02. The monoisotopic (exact) mass is 465 g/mol. The lowest BCUT2D eigenvalue weighted by Crippen LogP contribution is -2.64. The van der Waals surface area contributed by atoms with Crippen molar-refractivity contribution in [3.05, 3.63) is 52.5 Å². The molecule has 2 aromatic carbocycles. The largest absolute Gasteiger partial charge is 0.497 e. The number of fused-ring (bicyclic) bond motifs is 4. The molecule has 0 unspecified atom stereocenters. The fraction of sp³-hybridized carbons (Fsp3) is 0.350. The van der Waals surface area contributed by atoms with Crippen molar-refractivity contribution in [3.63, 3.8) is 0 Å². The molecule has 8 heteroatoms. The van der Waals surface area contributed by atoms with Gasteiger partial charge in [0.05, 0.1) is 12.0 Å². The van der Waals surface area contributed by atoms with Crippen LogP contribution in [0.5, 0.6) is 11.5 Å². The quantitative estimate of drug-likeness (QED) is 0.694. The van der Waals surface area contributed by atoms with Gasteiger partial charge in [-0.15, -0.1) is 0 Å². The number of nitrogens with zero attached hydrogens (tertiary/aromatic N) is 1. The lowest BCUT2D eigenvalue weighted by Gasteiger charge is -2.51. The van der Waals surface area contributed by atoms with Gasteiger partial charge >= 0.3 is 0 Å². The molecule has 1 amide bonds. The maximum Gasteiger partial charge on any atom is 0.244 e. The Balaban J connectivity index is 1.89. The zero-order chi connectivity index (χ0) is 20.3. The first-order valence-corrected chi connectivity index (χ1v) is 11.2. The number of amides is 1. The van der Waals surface area contributed by atoms with Gasteiger partial charge in [0.15, 0.2) is 20.8 Å². The van der Waals surface area contributed by atoms with E-state index < -0.39 is 32.6 Å². The summed E-state index contributed by atoms with van der Waals surface area (Å²) in [6, 6.07) is 11.7. The molecule has 0 radical (unpaired) electrons. The van der Waals surface area contributed by atoms with Crippen LogP contribution in [0.2, 0.25) is 0 Å². The topological polar surface area (TPSA) is 72.9 Å². The molecule has 0 aromatic heterocycles. The van der Waals surface area contributed by atoms with E-state index in [1.807, 2.05) is 6.92 Å². The van der Waals surface area contributed by atoms with E-state index in [-0.39, 0.29) is 4.90 Å². The Kier molecular flexibility index (Phi) is 4.46. The van der Waals surface area contributed by atoms with Gasteiger partial charge in [-0.1, -0.05) is 15.9 Å². The van der Waals surface area contributed by atoms with Gasteiger partial charge in [0, 0.05) is 29.4 Å². The molecule has 2 bridgehead atoms. The highest BCUT2D eigenvalue weighted by molar-refractivity contribution is 9.10. The second kappa shape index (κ2) is 6.49. The maximum atomic E-state index is 13.5. The number of methoxy groups -OCH3 is 1. The molecule has 2 aliphatic heterocycles. The number of sulfone groups is 1. The SMILES string of the molecule is COc1ccc2c(c1)[C@H]1C[C@](C)(O2)N(C)C(=O)[C@H]1S(=O)(=O)c1ccc(Br)cc1. The van der Waals surface area contributed by atoms with Crippen molar-refractivity contribution in [2.24, 2.45) is 0 Å². The van der Waals surface area contributed by atoms with Crippen LogP contribution in [-0.4, -0.2) is 44.4 Å². The minimum atomic E-state index is -3.91. The molecule has 1 fully saturated rings. The summed E-state index contributed by atoms with van der Waals surface area (Å²) in [5, 5.41) is -1.22. The number of likely N-dealkylation sites (tertiary alicyclic amines) is 1. The first kappa shape index (κ1) is 19.3. The average Bonchev–Trinajstić information content (AvgIpc) is 2.66. The normalized spacial score (nSPS) is 26.4. The summed E-state index contributed by atoms with van der Waals surface area (Å²) in [7, 11) is -0.768. The molecule has 148 valence electrons. The molecule has 3 atom stereocenters. The van der Waals surface area contributed by atoms with Crippen molar-refractivity contribution >= 4 is 31.7 Å². The van der Waals surface area contributed by atoms with Crippen LogP contribution in [0.15, 0.2) is 51.8 Å². The third-order valence-corrected chi connectivity index (χ3v) is 8.33. The number of carbonyl (C=O) groups is 1. The lowest BCUT2D eigenvalue weighted by atomic mass is 9.80. The van der Waals surface area contributed by atoms with E-state index in [4.69, 9.17) is 9.47 Å². The standard InChI is InChI=1S/C20H20BrNO5S/c1-20-11-16(15-10-13(26-3)6-9-17(15)27-20)18(19(23)22(20)2)28(24,25)14-7-4-12(21)5-8-14/h4-10,16,18H,11H2,1-3H3/t16-,18+,20+/m1/s1. The Labute approximate surface area is 172 Å². The second-order valence-electron chi connectivity index (χ2n) is 7.31. The summed E-state index contributed by atoms with van der Waals surface area (Å²) in [5.74, 6) is 0.184. The minimum Gasteiger partial charge on any atom is -0.497 e. The third-order valence-electron chi connectivity index (χ3n) is 5.67. The molecule has 6 nitrogen and oxygen atoms in total. The zero-order valence-corrected chi connectivity index (χ0v) is 18.1. The highest BCUT2D eigenvalue weighted by Gasteiger charge is 2.57. The van der Waals surface area contributed by atoms with Crippen LogP contribution in [0.1, 0.15) is 24.8 Å². The number of piperidine rings is 1. The van der Waals surface area contributed by atoms with E-state index in [9.17, 15) is 13.2 Å². The summed E-state index contributed by atoms with van der Waals surface area (Å²) < 4.78 is 39.2. The van der Waals surface area contributed by atoms with Crippen LogP contribution in [0.25, 0.3) is 0 Å². The van der Waals surface area contributed by atoms with E-state index in [1.165, 1.54) is 17.0 Å². The molecule has 0 saturated carbocycles. The number of carbonyl (C=O) groups excluding carboxylic acids is 1. The Hall–Kier alpha value is -2.06. The van der Waals surface area contributed by atoms with Gasteiger partial charge in [-0.3, -0.25) is 4.79 Å². The molecule has 0 spiro atoms. The van der Waals surface area contributed by atoms with Crippen LogP contribution in [0.3, 0.4) is 0 Å². The van der Waals surface area contributed by atoms with E-state index in [0.29, 0.717) is 23.5 Å². The highest BCUT2D eigenvalue weighted by atomic mass is 79.9. The molecule has 2 heterocycles. The summed E-state index contributed by atoms with van der Waals surface area (Å²) in [6.07, 6.45) is 0.385.